The van der Waals surface area contributed by atoms with E-state index in [1.165, 1.54) is 11.8 Å². The summed E-state index contributed by atoms with van der Waals surface area (Å²) in [7, 11) is 0. The van der Waals surface area contributed by atoms with Gasteiger partial charge >= 0.3 is 0 Å². The van der Waals surface area contributed by atoms with Crippen molar-refractivity contribution < 1.29 is 9.59 Å². The third kappa shape index (κ3) is 7.18. The molecule has 0 saturated heterocycles. The molecule has 3 aromatic carbocycles. The van der Waals surface area contributed by atoms with Gasteiger partial charge in [0.2, 0.25) is 11.8 Å². The number of rotatable bonds is 10. The van der Waals surface area contributed by atoms with Crippen LogP contribution >= 0.6 is 11.8 Å². The van der Waals surface area contributed by atoms with Gasteiger partial charge in [0.05, 0.1) is 16.7 Å². The first kappa shape index (κ1) is 27.6. The molecule has 4 aromatic rings. The number of nitrogens with zero attached hydrogens (tertiary/aromatic N) is 2. The molecule has 40 heavy (non-hydrogen) atoms. The van der Waals surface area contributed by atoms with Crippen molar-refractivity contribution in [3.05, 3.63) is 106 Å². The third-order valence-corrected chi connectivity index (χ3v) is 8.44. The fourth-order valence-electron chi connectivity index (χ4n) is 5.19. The molecule has 8 heteroatoms. The molecule has 7 nitrogen and oxygen atoms in total. The molecule has 2 amide bonds. The number of nitrogens with one attached hydrogen (secondary N) is 2. The lowest BCUT2D eigenvalue weighted by atomic mass is 9.81. The van der Waals surface area contributed by atoms with E-state index < -0.39 is 0 Å². The predicted molar refractivity (Wildman–Crippen MR) is 159 cm³/mol. The number of fused-ring (bicyclic) bond motifs is 1. The maximum Gasteiger partial charge on any atom is 0.262 e. The highest BCUT2D eigenvalue weighted by molar-refractivity contribution is 7.99. The Hall–Kier alpha value is -3.91. The van der Waals surface area contributed by atoms with Crippen LogP contribution in [0.5, 0.6) is 0 Å². The van der Waals surface area contributed by atoms with Crippen LogP contribution in [0.2, 0.25) is 0 Å². The first-order chi connectivity index (χ1) is 19.6. The van der Waals surface area contributed by atoms with Gasteiger partial charge in [0.1, 0.15) is 0 Å². The Kier molecular flexibility index (Phi) is 9.29. The smallest absolute Gasteiger partial charge is 0.262 e. The van der Waals surface area contributed by atoms with Crippen LogP contribution in [0.15, 0.2) is 94.9 Å². The molecule has 2 N–H and O–H groups in total. The van der Waals surface area contributed by atoms with Crippen LogP contribution in [0.3, 0.4) is 0 Å². The van der Waals surface area contributed by atoms with Crippen LogP contribution in [-0.4, -0.2) is 27.1 Å². The van der Waals surface area contributed by atoms with E-state index in [2.05, 4.69) is 10.6 Å². The lowest BCUT2D eigenvalue weighted by Crippen LogP contribution is -2.34. The molecule has 0 atom stereocenters. The lowest BCUT2D eigenvalue weighted by molar-refractivity contribution is -0.126. The van der Waals surface area contributed by atoms with Crippen LogP contribution in [0.1, 0.15) is 36.8 Å². The minimum Gasteiger partial charge on any atom is -0.352 e. The Labute approximate surface area is 238 Å². The van der Waals surface area contributed by atoms with Crippen LogP contribution < -0.4 is 16.2 Å². The van der Waals surface area contributed by atoms with E-state index in [-0.39, 0.29) is 35.0 Å². The number of para-hydroxylation sites is 1. The molecule has 0 radical (unpaired) electrons. The summed E-state index contributed by atoms with van der Waals surface area (Å²) in [6.07, 6.45) is 3.32. The molecule has 1 aliphatic rings. The van der Waals surface area contributed by atoms with E-state index in [1.807, 2.05) is 78.9 Å². The van der Waals surface area contributed by atoms with E-state index in [0.29, 0.717) is 35.7 Å². The molecule has 1 heterocycles. The number of amides is 2. The maximum atomic E-state index is 13.5. The molecule has 1 saturated carbocycles. The van der Waals surface area contributed by atoms with Gasteiger partial charge in [0.25, 0.3) is 5.56 Å². The van der Waals surface area contributed by atoms with Crippen molar-refractivity contribution in [3.8, 4) is 0 Å². The second kappa shape index (κ2) is 13.4. The second-order valence-electron chi connectivity index (χ2n) is 10.3. The van der Waals surface area contributed by atoms with Gasteiger partial charge in [-0.1, -0.05) is 84.6 Å². The van der Waals surface area contributed by atoms with Gasteiger partial charge in [-0.2, -0.15) is 0 Å². The number of thioether (sulfide) groups is 1. The van der Waals surface area contributed by atoms with E-state index in [1.54, 1.807) is 10.6 Å². The Morgan fingerprint density at radius 3 is 2.08 bits per heavy atom. The zero-order chi connectivity index (χ0) is 27.7. The average molecular weight is 555 g/mol. The quantitative estimate of drug-likeness (QED) is 0.214. The van der Waals surface area contributed by atoms with Gasteiger partial charge < -0.3 is 10.6 Å². The highest BCUT2D eigenvalue weighted by Crippen LogP contribution is 2.31. The van der Waals surface area contributed by atoms with Crippen molar-refractivity contribution >= 4 is 34.5 Å². The second-order valence-corrected chi connectivity index (χ2v) is 11.2. The summed E-state index contributed by atoms with van der Waals surface area (Å²) in [4.78, 5) is 43.7. The van der Waals surface area contributed by atoms with Crippen molar-refractivity contribution in [2.45, 2.75) is 50.5 Å². The first-order valence-electron chi connectivity index (χ1n) is 13.8. The lowest BCUT2D eigenvalue weighted by Gasteiger charge is -2.28. The van der Waals surface area contributed by atoms with E-state index in [0.717, 1.165) is 36.8 Å². The van der Waals surface area contributed by atoms with Crippen molar-refractivity contribution in [3.63, 3.8) is 0 Å². The summed E-state index contributed by atoms with van der Waals surface area (Å²) < 4.78 is 1.73. The topological polar surface area (TPSA) is 93.1 Å². The monoisotopic (exact) mass is 554 g/mol. The number of carbonyl (C=O) groups excluding carboxylic acids is 2. The van der Waals surface area contributed by atoms with Gasteiger partial charge in [-0.3, -0.25) is 19.0 Å². The Balaban J connectivity index is 1.21. The van der Waals surface area contributed by atoms with E-state index in [9.17, 15) is 14.4 Å². The van der Waals surface area contributed by atoms with Crippen molar-refractivity contribution in [2.75, 3.05) is 5.75 Å². The highest BCUT2D eigenvalue weighted by atomic mass is 32.2. The maximum absolute atomic E-state index is 13.5. The zero-order valence-corrected chi connectivity index (χ0v) is 23.2. The molecular formula is C32H34N4O3S. The number of benzene rings is 3. The fourth-order valence-corrected chi connectivity index (χ4v) is 6.03. The molecule has 0 spiro atoms. The molecule has 1 aromatic heterocycles. The summed E-state index contributed by atoms with van der Waals surface area (Å²) in [5.41, 5.74) is 2.67. The summed E-state index contributed by atoms with van der Waals surface area (Å²) in [5.74, 6) is 0.430. The Morgan fingerprint density at radius 2 is 1.40 bits per heavy atom. The Bertz CT molecular complexity index is 1500. The first-order valence-corrected chi connectivity index (χ1v) is 14.8. The van der Waals surface area contributed by atoms with Crippen molar-refractivity contribution in [1.29, 1.82) is 0 Å². The molecule has 0 unspecified atom stereocenters. The van der Waals surface area contributed by atoms with Gasteiger partial charge in [-0.25, -0.2) is 4.98 Å². The Morgan fingerprint density at radius 1 is 0.800 bits per heavy atom. The SMILES string of the molecule is O=C(CSc1nc2ccccc2c(=O)n1CC1CCC(C(=O)NCc2ccccc2)CC1)NCc1ccccc1. The van der Waals surface area contributed by atoms with Crippen LogP contribution in [0, 0.1) is 11.8 Å². The summed E-state index contributed by atoms with van der Waals surface area (Å²) >= 11 is 1.29. The van der Waals surface area contributed by atoms with Crippen molar-refractivity contribution in [2.24, 2.45) is 11.8 Å². The zero-order valence-electron chi connectivity index (χ0n) is 22.4. The van der Waals surface area contributed by atoms with Crippen LogP contribution in [-0.2, 0) is 29.2 Å². The summed E-state index contributed by atoms with van der Waals surface area (Å²) in [5, 5.41) is 7.15. The van der Waals surface area contributed by atoms with Gasteiger partial charge in [0.15, 0.2) is 5.16 Å². The summed E-state index contributed by atoms with van der Waals surface area (Å²) in [6, 6.07) is 27.0. The molecule has 206 valence electrons. The average Bonchev–Trinajstić information content (AvgIpc) is 3.00. The molecule has 0 aliphatic heterocycles. The molecule has 1 aliphatic carbocycles. The van der Waals surface area contributed by atoms with Gasteiger partial charge in [-0.05, 0) is 54.9 Å². The number of aromatic nitrogens is 2. The van der Waals surface area contributed by atoms with Crippen molar-refractivity contribution in [1.82, 2.24) is 20.2 Å². The number of carbonyl (C=O) groups is 2. The van der Waals surface area contributed by atoms with E-state index >= 15 is 0 Å². The number of hydrogen-bond acceptors (Lipinski definition) is 5. The van der Waals surface area contributed by atoms with Gasteiger partial charge in [-0.15, -0.1) is 0 Å². The highest BCUT2D eigenvalue weighted by Gasteiger charge is 2.27. The molecule has 5 rings (SSSR count). The largest absolute Gasteiger partial charge is 0.352 e. The predicted octanol–water partition coefficient (Wildman–Crippen LogP) is 4.93. The summed E-state index contributed by atoms with van der Waals surface area (Å²) in [6.45, 7) is 1.53. The molecule has 1 fully saturated rings. The van der Waals surface area contributed by atoms with E-state index in [4.69, 9.17) is 4.98 Å². The normalized spacial score (nSPS) is 16.9. The van der Waals surface area contributed by atoms with Gasteiger partial charge in [0, 0.05) is 25.6 Å². The fraction of sp³-hybridized carbons (Fsp3) is 0.312. The molecular weight excluding hydrogens is 520 g/mol. The van der Waals surface area contributed by atoms with Crippen LogP contribution in [0.4, 0.5) is 0 Å². The van der Waals surface area contributed by atoms with Crippen LogP contribution in [0.25, 0.3) is 10.9 Å². The number of hydrogen-bond donors (Lipinski definition) is 2. The minimum atomic E-state index is -0.107. The minimum absolute atomic E-state index is 0.00596. The molecule has 0 bridgehead atoms. The standard InChI is InChI=1S/C32H34N4O3S/c37-29(33-19-23-9-3-1-4-10-23)22-40-32-35-28-14-8-7-13-27(28)31(39)36(32)21-25-15-17-26(18-16-25)30(38)34-20-24-11-5-2-6-12-24/h1-14,25-26H,15-22H2,(H,33,37)(H,34,38). The third-order valence-electron chi connectivity index (χ3n) is 7.46.